The Hall–Kier alpha value is -3.55. The lowest BCUT2D eigenvalue weighted by Crippen LogP contribution is -2.27. The minimum Gasteiger partial charge on any atom is -0.497 e. The average Bonchev–Trinajstić information content (AvgIpc) is 2.66. The first-order valence-corrected chi connectivity index (χ1v) is 8.87. The predicted molar refractivity (Wildman–Crippen MR) is 108 cm³/mol. The van der Waals surface area contributed by atoms with Crippen LogP contribution in [0, 0.1) is 0 Å². The van der Waals surface area contributed by atoms with Crippen molar-refractivity contribution in [3.05, 3.63) is 54.1 Å². The number of carbonyl (C=O) groups excluding carboxylic acids is 3. The molecule has 0 radical (unpaired) electrons. The molecule has 0 spiro atoms. The molecule has 2 aromatic carbocycles. The van der Waals surface area contributed by atoms with Crippen LogP contribution in [-0.4, -0.2) is 37.3 Å². The van der Waals surface area contributed by atoms with Crippen molar-refractivity contribution in [3.63, 3.8) is 0 Å². The molecule has 2 N–H and O–H groups in total. The van der Waals surface area contributed by atoms with E-state index in [0.717, 1.165) is 0 Å². The van der Waals surface area contributed by atoms with Crippen LogP contribution in [0.4, 0.5) is 16.2 Å². The maximum Gasteiger partial charge on any atom is 0.412 e. The third-order valence-corrected chi connectivity index (χ3v) is 3.47. The van der Waals surface area contributed by atoms with Crippen molar-refractivity contribution in [2.45, 2.75) is 26.4 Å². The van der Waals surface area contributed by atoms with Gasteiger partial charge in [0.2, 0.25) is 0 Å². The second kappa shape index (κ2) is 9.59. The van der Waals surface area contributed by atoms with Gasteiger partial charge in [-0.15, -0.1) is 0 Å². The van der Waals surface area contributed by atoms with E-state index in [1.807, 2.05) is 0 Å². The largest absolute Gasteiger partial charge is 0.497 e. The number of hydrogen-bond acceptors (Lipinski definition) is 6. The van der Waals surface area contributed by atoms with Gasteiger partial charge in [0.25, 0.3) is 5.91 Å². The second-order valence-electron chi connectivity index (χ2n) is 7.06. The van der Waals surface area contributed by atoms with Crippen LogP contribution in [-0.2, 0) is 14.3 Å². The summed E-state index contributed by atoms with van der Waals surface area (Å²) < 4.78 is 15.2. The van der Waals surface area contributed by atoms with Gasteiger partial charge in [0, 0.05) is 11.4 Å². The standard InChI is InChI=1S/C21H24N2O6/c1-21(2,3)29-20(26)23-16-7-5-14(6-8-16)19(25)28-13-18(24)22-15-9-11-17(27-4)12-10-15/h5-12H,13H2,1-4H3,(H,22,24)(H,23,26). The average molecular weight is 400 g/mol. The first-order valence-electron chi connectivity index (χ1n) is 8.87. The van der Waals surface area contributed by atoms with E-state index in [1.54, 1.807) is 52.1 Å². The minimum absolute atomic E-state index is 0.247. The van der Waals surface area contributed by atoms with Crippen LogP contribution in [0.1, 0.15) is 31.1 Å². The summed E-state index contributed by atoms with van der Waals surface area (Å²) in [7, 11) is 1.55. The number of esters is 1. The smallest absolute Gasteiger partial charge is 0.412 e. The predicted octanol–water partition coefficient (Wildman–Crippen LogP) is 3.84. The molecule has 0 fully saturated rings. The molecule has 0 heterocycles. The summed E-state index contributed by atoms with van der Waals surface area (Å²) in [5.41, 5.74) is 0.662. The molecule has 2 rings (SSSR count). The topological polar surface area (TPSA) is 103 Å². The van der Waals surface area contributed by atoms with E-state index < -0.39 is 30.2 Å². The lowest BCUT2D eigenvalue weighted by molar-refractivity contribution is -0.119. The minimum atomic E-state index is -0.654. The fourth-order valence-electron chi connectivity index (χ4n) is 2.20. The highest BCUT2D eigenvalue weighted by atomic mass is 16.6. The number of rotatable bonds is 6. The van der Waals surface area contributed by atoms with Gasteiger partial charge in [-0.3, -0.25) is 10.1 Å². The number of carbonyl (C=O) groups is 3. The molecule has 0 saturated heterocycles. The summed E-state index contributed by atoms with van der Waals surface area (Å²) in [6.45, 7) is 4.85. The van der Waals surface area contributed by atoms with Gasteiger partial charge in [-0.25, -0.2) is 9.59 Å². The number of nitrogens with one attached hydrogen (secondary N) is 2. The maximum atomic E-state index is 12.1. The van der Waals surface area contributed by atoms with E-state index in [-0.39, 0.29) is 5.56 Å². The Morgan fingerprint density at radius 1 is 0.862 bits per heavy atom. The van der Waals surface area contributed by atoms with Gasteiger partial charge < -0.3 is 19.5 Å². The molecular weight excluding hydrogens is 376 g/mol. The van der Waals surface area contributed by atoms with Crippen molar-refractivity contribution >= 4 is 29.3 Å². The van der Waals surface area contributed by atoms with Gasteiger partial charge in [-0.1, -0.05) is 0 Å². The highest BCUT2D eigenvalue weighted by molar-refractivity contribution is 5.96. The molecule has 0 bridgehead atoms. The van der Waals surface area contributed by atoms with Crippen molar-refractivity contribution in [1.82, 2.24) is 0 Å². The normalized spacial score (nSPS) is 10.6. The molecule has 2 amide bonds. The number of hydrogen-bond donors (Lipinski definition) is 2. The fraction of sp³-hybridized carbons (Fsp3) is 0.286. The third kappa shape index (κ3) is 7.53. The van der Waals surface area contributed by atoms with Crippen LogP contribution in [0.5, 0.6) is 5.75 Å². The lowest BCUT2D eigenvalue weighted by atomic mass is 10.2. The van der Waals surface area contributed by atoms with E-state index in [1.165, 1.54) is 24.3 Å². The number of amides is 2. The summed E-state index contributed by atoms with van der Waals surface area (Å²) in [6.07, 6.45) is -0.594. The van der Waals surface area contributed by atoms with Crippen molar-refractivity contribution in [1.29, 1.82) is 0 Å². The van der Waals surface area contributed by atoms with E-state index in [0.29, 0.717) is 17.1 Å². The summed E-state index contributed by atoms with van der Waals surface area (Å²) in [5, 5.41) is 5.18. The SMILES string of the molecule is COc1ccc(NC(=O)COC(=O)c2ccc(NC(=O)OC(C)(C)C)cc2)cc1. The van der Waals surface area contributed by atoms with E-state index >= 15 is 0 Å². The molecule has 154 valence electrons. The highest BCUT2D eigenvalue weighted by Gasteiger charge is 2.16. The zero-order valence-electron chi connectivity index (χ0n) is 16.8. The number of methoxy groups -OCH3 is 1. The Morgan fingerprint density at radius 2 is 1.41 bits per heavy atom. The summed E-state index contributed by atoms with van der Waals surface area (Å²) in [6, 6.07) is 12.8. The maximum absolute atomic E-state index is 12.1. The van der Waals surface area contributed by atoms with Crippen LogP contribution in [0.25, 0.3) is 0 Å². The number of benzene rings is 2. The summed E-state index contributed by atoms with van der Waals surface area (Å²) >= 11 is 0. The molecular formula is C21H24N2O6. The molecule has 2 aromatic rings. The van der Waals surface area contributed by atoms with Crippen LogP contribution >= 0.6 is 0 Å². The van der Waals surface area contributed by atoms with Crippen LogP contribution in [0.2, 0.25) is 0 Å². The van der Waals surface area contributed by atoms with Gasteiger partial charge in [0.15, 0.2) is 6.61 Å². The van der Waals surface area contributed by atoms with Gasteiger partial charge in [-0.2, -0.15) is 0 Å². The van der Waals surface area contributed by atoms with E-state index in [4.69, 9.17) is 14.2 Å². The molecule has 0 aromatic heterocycles. The highest BCUT2D eigenvalue weighted by Crippen LogP contribution is 2.15. The Balaban J connectivity index is 1.82. The van der Waals surface area contributed by atoms with Gasteiger partial charge >= 0.3 is 12.1 Å². The summed E-state index contributed by atoms with van der Waals surface area (Å²) in [5.74, 6) is -0.454. The van der Waals surface area contributed by atoms with E-state index in [9.17, 15) is 14.4 Å². The molecule has 8 nitrogen and oxygen atoms in total. The third-order valence-electron chi connectivity index (χ3n) is 3.47. The molecule has 0 aliphatic carbocycles. The lowest BCUT2D eigenvalue weighted by Gasteiger charge is -2.19. The molecule has 0 aliphatic heterocycles. The van der Waals surface area contributed by atoms with Crippen molar-refractivity contribution in [3.8, 4) is 5.75 Å². The van der Waals surface area contributed by atoms with Crippen molar-refractivity contribution in [2.75, 3.05) is 24.4 Å². The molecule has 0 atom stereocenters. The van der Waals surface area contributed by atoms with Gasteiger partial charge in [0.1, 0.15) is 11.4 Å². The summed E-state index contributed by atoms with van der Waals surface area (Å²) in [4.78, 5) is 35.7. The monoisotopic (exact) mass is 400 g/mol. The molecule has 0 aliphatic rings. The molecule has 29 heavy (non-hydrogen) atoms. The first-order chi connectivity index (χ1) is 13.7. The van der Waals surface area contributed by atoms with Crippen LogP contribution in [0.15, 0.2) is 48.5 Å². The number of ether oxygens (including phenoxy) is 3. The van der Waals surface area contributed by atoms with Gasteiger partial charge in [0.05, 0.1) is 12.7 Å². The molecule has 8 heteroatoms. The van der Waals surface area contributed by atoms with Crippen molar-refractivity contribution < 1.29 is 28.6 Å². The molecule has 0 saturated carbocycles. The van der Waals surface area contributed by atoms with Gasteiger partial charge in [-0.05, 0) is 69.3 Å². The zero-order valence-corrected chi connectivity index (χ0v) is 16.8. The molecule has 0 unspecified atom stereocenters. The quantitative estimate of drug-likeness (QED) is 0.714. The van der Waals surface area contributed by atoms with Crippen molar-refractivity contribution in [2.24, 2.45) is 0 Å². The number of anilines is 2. The van der Waals surface area contributed by atoms with Crippen LogP contribution < -0.4 is 15.4 Å². The fourth-order valence-corrected chi connectivity index (χ4v) is 2.20. The Bertz CT molecular complexity index is 854. The first kappa shape index (κ1) is 21.7. The van der Waals surface area contributed by atoms with Crippen LogP contribution in [0.3, 0.4) is 0 Å². The Kier molecular flexibility index (Phi) is 7.19. The van der Waals surface area contributed by atoms with E-state index in [2.05, 4.69) is 10.6 Å². The second-order valence-corrected chi connectivity index (χ2v) is 7.06. The zero-order chi connectivity index (χ0) is 21.4. The Morgan fingerprint density at radius 3 is 1.97 bits per heavy atom. The Labute approximate surface area is 169 Å².